The molecule has 0 saturated carbocycles. The van der Waals surface area contributed by atoms with E-state index in [9.17, 15) is 18.0 Å². The third kappa shape index (κ3) is 6.78. The Kier molecular flexibility index (Phi) is 10.1. The number of aldehydes is 1. The molecular weight excluding hydrogens is 594 g/mol. The van der Waals surface area contributed by atoms with Crippen LogP contribution in [0.4, 0.5) is 13.2 Å². The molecule has 0 spiro atoms. The zero-order valence-corrected chi connectivity index (χ0v) is 24.6. The van der Waals surface area contributed by atoms with Gasteiger partial charge < -0.3 is 9.84 Å². The number of aliphatic hydroxyl groups is 1. The minimum atomic E-state index is -4.60. The zero-order chi connectivity index (χ0) is 29.1. The van der Waals surface area contributed by atoms with Crippen LogP contribution in [-0.2, 0) is 6.18 Å². The summed E-state index contributed by atoms with van der Waals surface area (Å²) >= 11 is 15.2. The molecule has 0 aliphatic heterocycles. The van der Waals surface area contributed by atoms with Crippen LogP contribution in [-0.4, -0.2) is 45.6 Å². The summed E-state index contributed by atoms with van der Waals surface area (Å²) in [7, 11) is 2.28. The second kappa shape index (κ2) is 12.7. The monoisotopic (exact) mass is 617 g/mol. The van der Waals surface area contributed by atoms with Crippen molar-refractivity contribution in [2.75, 3.05) is 14.2 Å². The van der Waals surface area contributed by atoms with Crippen LogP contribution in [0.3, 0.4) is 0 Å². The Labute approximate surface area is 241 Å². The lowest BCUT2D eigenvalue weighted by Gasteiger charge is -2.12. The Bertz CT molecular complexity index is 1490. The highest BCUT2D eigenvalue weighted by molar-refractivity contribution is 8.01. The molecule has 208 valence electrons. The lowest BCUT2D eigenvalue weighted by atomic mass is 10.0. The van der Waals surface area contributed by atoms with E-state index in [1.54, 1.807) is 36.9 Å². The van der Waals surface area contributed by atoms with Gasteiger partial charge in [0.2, 0.25) is 5.13 Å². The van der Waals surface area contributed by atoms with Crippen molar-refractivity contribution in [2.45, 2.75) is 36.4 Å². The van der Waals surface area contributed by atoms with Gasteiger partial charge in [-0.3, -0.25) is 4.79 Å². The summed E-state index contributed by atoms with van der Waals surface area (Å²) in [6, 6.07) is 8.52. The number of methoxy groups -OCH3 is 1. The van der Waals surface area contributed by atoms with Gasteiger partial charge in [0, 0.05) is 23.5 Å². The Balaban J connectivity index is 0.00000205. The van der Waals surface area contributed by atoms with Crippen LogP contribution >= 0.6 is 46.3 Å². The third-order valence-electron chi connectivity index (χ3n) is 5.27. The first-order valence-electron chi connectivity index (χ1n) is 11.3. The van der Waals surface area contributed by atoms with Gasteiger partial charge in [-0.2, -0.15) is 18.3 Å². The molecule has 0 atom stereocenters. The number of hydrogen-bond acceptors (Lipinski definition) is 7. The predicted octanol–water partition coefficient (Wildman–Crippen LogP) is 8.23. The highest BCUT2D eigenvalue weighted by Crippen LogP contribution is 2.42. The summed E-state index contributed by atoms with van der Waals surface area (Å²) in [5, 5.41) is 12.9. The first-order valence-corrected chi connectivity index (χ1v) is 13.8. The molecule has 0 fully saturated rings. The molecule has 2 aromatic heterocycles. The maximum Gasteiger partial charge on any atom is 0.416 e. The van der Waals surface area contributed by atoms with Crippen molar-refractivity contribution in [3.8, 4) is 33.3 Å². The van der Waals surface area contributed by atoms with Crippen LogP contribution < -0.4 is 4.74 Å². The molecule has 0 unspecified atom stereocenters. The number of carbonyl (C=O) groups excluding carboxylic acids is 1. The van der Waals surface area contributed by atoms with E-state index < -0.39 is 11.7 Å². The largest absolute Gasteiger partial charge is 0.497 e. The maximum atomic E-state index is 13.5. The molecule has 13 heteroatoms. The van der Waals surface area contributed by atoms with Gasteiger partial charge in [0.25, 0.3) is 0 Å². The van der Waals surface area contributed by atoms with Gasteiger partial charge in [0.05, 0.1) is 38.3 Å². The molecule has 39 heavy (non-hydrogen) atoms. The van der Waals surface area contributed by atoms with Crippen LogP contribution in [0.25, 0.3) is 27.5 Å². The van der Waals surface area contributed by atoms with E-state index in [4.69, 9.17) is 38.0 Å². The lowest BCUT2D eigenvalue weighted by Crippen LogP contribution is -2.06. The van der Waals surface area contributed by atoms with Gasteiger partial charge in [-0.15, -0.1) is 11.8 Å². The van der Waals surface area contributed by atoms with Gasteiger partial charge in [-0.05, 0) is 42.8 Å². The fraction of sp³-hybridized carbons (Fsp3) is 0.269. The number of nitrogens with zero attached hydrogens (tertiary/aromatic N) is 3. The first kappa shape index (κ1) is 31.0. The van der Waals surface area contributed by atoms with E-state index in [2.05, 4.69) is 5.10 Å². The van der Waals surface area contributed by atoms with Crippen LogP contribution in [0, 0.1) is 6.92 Å². The smallest absolute Gasteiger partial charge is 0.416 e. The van der Waals surface area contributed by atoms with Gasteiger partial charge in [0.1, 0.15) is 11.4 Å². The van der Waals surface area contributed by atoms with Crippen molar-refractivity contribution >= 4 is 52.6 Å². The molecule has 2 aromatic carbocycles. The van der Waals surface area contributed by atoms with Gasteiger partial charge in [0.15, 0.2) is 6.29 Å². The number of halogens is 5. The molecule has 4 rings (SSSR count). The van der Waals surface area contributed by atoms with Crippen molar-refractivity contribution in [2.24, 2.45) is 0 Å². The van der Waals surface area contributed by atoms with Crippen molar-refractivity contribution < 1.29 is 27.8 Å². The maximum absolute atomic E-state index is 13.5. The number of benzene rings is 2. The number of thiazole rings is 1. The molecule has 0 aliphatic rings. The summed E-state index contributed by atoms with van der Waals surface area (Å²) in [5.41, 5.74) is 1.36. The van der Waals surface area contributed by atoms with Gasteiger partial charge in [-0.1, -0.05) is 54.5 Å². The number of aryl methyl sites for hydroxylation is 1. The minimum absolute atomic E-state index is 0.0144. The SMILES string of the molecule is CO.COc1cc(-c2c(C)nn(-c3nc(-c4ccc(Cl)c(Cl)c4)c(SC(C)C)s3)c2C=O)cc(C(F)(F)F)c1. The Hall–Kier alpha value is -2.57. The van der Waals surface area contributed by atoms with Crippen molar-refractivity contribution in [3.05, 3.63) is 63.4 Å². The first-order chi connectivity index (χ1) is 18.4. The van der Waals surface area contributed by atoms with Crippen LogP contribution in [0.1, 0.15) is 35.6 Å². The number of thioether (sulfide) groups is 1. The van der Waals surface area contributed by atoms with E-state index in [1.807, 2.05) is 13.8 Å². The van der Waals surface area contributed by atoms with Gasteiger partial charge >= 0.3 is 6.18 Å². The highest BCUT2D eigenvalue weighted by Gasteiger charge is 2.32. The summed E-state index contributed by atoms with van der Waals surface area (Å²) in [6.07, 6.45) is -4.03. The molecule has 0 aliphatic carbocycles. The summed E-state index contributed by atoms with van der Waals surface area (Å²) in [5.74, 6) is 0.0144. The number of rotatable bonds is 7. The molecule has 0 bridgehead atoms. The topological polar surface area (TPSA) is 77.2 Å². The van der Waals surface area contributed by atoms with Crippen LogP contribution in [0.15, 0.2) is 40.6 Å². The number of hydrogen-bond donors (Lipinski definition) is 1. The normalized spacial score (nSPS) is 11.4. The second-order valence-electron chi connectivity index (χ2n) is 8.25. The second-order valence-corrected chi connectivity index (χ2v) is 11.9. The Morgan fingerprint density at radius 2 is 1.79 bits per heavy atom. The van der Waals surface area contributed by atoms with Crippen molar-refractivity contribution in [1.29, 1.82) is 0 Å². The molecule has 0 saturated heterocycles. The highest BCUT2D eigenvalue weighted by atomic mass is 35.5. The Morgan fingerprint density at radius 1 is 1.10 bits per heavy atom. The third-order valence-corrected chi connectivity index (χ3v) is 8.25. The fourth-order valence-electron chi connectivity index (χ4n) is 3.69. The summed E-state index contributed by atoms with van der Waals surface area (Å²) in [6.45, 7) is 5.70. The van der Waals surface area contributed by atoms with Gasteiger partial charge in [-0.25, -0.2) is 9.67 Å². The quantitative estimate of drug-likeness (QED) is 0.166. The standard InChI is InChI=1S/C25H20Cl2F3N3O2S2.CH4O/c1-12(2)36-23-22(14-5-6-18(26)19(27)9-14)31-24(37-23)33-20(11-34)21(13(3)32-33)15-7-16(25(28,29)30)10-17(8-15)35-4;1-2/h5-12H,1-4H3;2H,1H3. The molecular formula is C26H24Cl2F3N3O3S2. The minimum Gasteiger partial charge on any atom is -0.497 e. The zero-order valence-electron chi connectivity index (χ0n) is 21.4. The molecule has 4 aromatic rings. The number of ether oxygens (including phenoxy) is 1. The number of carbonyl (C=O) groups is 1. The van der Waals surface area contributed by atoms with Crippen molar-refractivity contribution in [3.63, 3.8) is 0 Å². The van der Waals surface area contributed by atoms with E-state index in [-0.39, 0.29) is 27.8 Å². The molecule has 6 nitrogen and oxygen atoms in total. The van der Waals surface area contributed by atoms with Crippen molar-refractivity contribution in [1.82, 2.24) is 14.8 Å². The van der Waals surface area contributed by atoms with Crippen LogP contribution in [0.5, 0.6) is 5.75 Å². The average molecular weight is 619 g/mol. The summed E-state index contributed by atoms with van der Waals surface area (Å²) in [4.78, 5) is 17.0. The Morgan fingerprint density at radius 3 is 2.36 bits per heavy atom. The average Bonchev–Trinajstić information content (AvgIpc) is 3.45. The lowest BCUT2D eigenvalue weighted by molar-refractivity contribution is -0.137. The summed E-state index contributed by atoms with van der Waals surface area (Å²) < 4.78 is 48.0. The molecule has 0 amide bonds. The predicted molar refractivity (Wildman–Crippen MR) is 151 cm³/mol. The number of aliphatic hydroxyl groups excluding tert-OH is 1. The molecule has 1 N–H and O–H groups in total. The van der Waals surface area contributed by atoms with E-state index in [0.29, 0.717) is 32.9 Å². The molecule has 2 heterocycles. The van der Waals surface area contributed by atoms with E-state index in [1.165, 1.54) is 29.2 Å². The number of aromatic nitrogens is 3. The van der Waals surface area contributed by atoms with E-state index in [0.717, 1.165) is 29.0 Å². The van der Waals surface area contributed by atoms with E-state index >= 15 is 0 Å². The van der Waals surface area contributed by atoms with Crippen LogP contribution in [0.2, 0.25) is 10.0 Å². The fourth-order valence-corrected chi connectivity index (χ4v) is 6.47. The number of alkyl halides is 3. The molecule has 0 radical (unpaired) electrons.